The molecule has 0 spiro atoms. The monoisotopic (exact) mass is 757 g/mol. The molecule has 1 aliphatic rings. The maximum atomic E-state index is 11.6. The molecule has 16 heteroatoms. The standard InChI is InChI=1S/C36H71NO15/c1-36(2,3)52-35(38)6-9-39-10-11-40-12-13-41-14-15-42-16-17-43-18-19-44-20-21-45-22-23-46-24-25-47-26-27-48-28-29-49-30-31-50-32-33-51-34-4-7-37-8-5-34/h34,37H,4-33H2,1-3H3. The van der Waals surface area contributed by atoms with Crippen molar-refractivity contribution in [2.75, 3.05) is 178 Å². The first-order valence-corrected chi connectivity index (χ1v) is 18.9. The normalized spacial score (nSPS) is 14.0. The first-order valence-electron chi connectivity index (χ1n) is 18.9. The molecule has 16 nitrogen and oxygen atoms in total. The maximum Gasteiger partial charge on any atom is 0.308 e. The lowest BCUT2D eigenvalue weighted by Gasteiger charge is -2.22. The predicted octanol–water partition coefficient (Wildman–Crippen LogP) is 1.69. The van der Waals surface area contributed by atoms with Crippen molar-refractivity contribution in [3.8, 4) is 0 Å². The summed E-state index contributed by atoms with van der Waals surface area (Å²) >= 11 is 0. The van der Waals surface area contributed by atoms with Gasteiger partial charge in [-0.3, -0.25) is 4.79 Å². The van der Waals surface area contributed by atoms with Gasteiger partial charge in [-0.05, 0) is 46.7 Å². The van der Waals surface area contributed by atoms with Crippen LogP contribution in [0.15, 0.2) is 0 Å². The second-order valence-corrected chi connectivity index (χ2v) is 12.5. The fourth-order valence-corrected chi connectivity index (χ4v) is 4.30. The third kappa shape index (κ3) is 38.6. The zero-order chi connectivity index (χ0) is 37.5. The van der Waals surface area contributed by atoms with Gasteiger partial charge in [0.05, 0.1) is 178 Å². The van der Waals surface area contributed by atoms with Crippen molar-refractivity contribution < 1.29 is 71.1 Å². The Morgan fingerprint density at radius 2 is 0.673 bits per heavy atom. The zero-order valence-corrected chi connectivity index (χ0v) is 32.4. The van der Waals surface area contributed by atoms with Crippen LogP contribution in [0.5, 0.6) is 0 Å². The summed E-state index contributed by atoms with van der Waals surface area (Å²) in [7, 11) is 0. The lowest BCUT2D eigenvalue weighted by atomic mass is 10.1. The van der Waals surface area contributed by atoms with Gasteiger partial charge in [-0.1, -0.05) is 0 Å². The molecular weight excluding hydrogens is 686 g/mol. The number of hydrogen-bond acceptors (Lipinski definition) is 16. The summed E-state index contributed by atoms with van der Waals surface area (Å²) in [6, 6.07) is 0. The van der Waals surface area contributed by atoms with Crippen molar-refractivity contribution in [1.29, 1.82) is 0 Å². The molecule has 1 aliphatic heterocycles. The third-order valence-corrected chi connectivity index (χ3v) is 6.83. The minimum Gasteiger partial charge on any atom is -0.460 e. The molecule has 0 radical (unpaired) electrons. The van der Waals surface area contributed by atoms with Crippen LogP contribution in [-0.2, 0) is 71.1 Å². The fraction of sp³-hybridized carbons (Fsp3) is 0.972. The third-order valence-electron chi connectivity index (χ3n) is 6.83. The first-order chi connectivity index (χ1) is 25.5. The van der Waals surface area contributed by atoms with E-state index in [9.17, 15) is 4.79 Å². The second kappa shape index (κ2) is 38.2. The Balaban J connectivity index is 1.61. The molecule has 0 bridgehead atoms. The summed E-state index contributed by atoms with van der Waals surface area (Å²) < 4.78 is 76.7. The van der Waals surface area contributed by atoms with E-state index in [2.05, 4.69) is 5.32 Å². The van der Waals surface area contributed by atoms with Crippen LogP contribution in [0.2, 0.25) is 0 Å². The highest BCUT2D eigenvalue weighted by atomic mass is 16.6. The Morgan fingerprint density at radius 1 is 0.423 bits per heavy atom. The maximum absolute atomic E-state index is 11.6. The average Bonchev–Trinajstić information content (AvgIpc) is 3.12. The van der Waals surface area contributed by atoms with Crippen LogP contribution in [0.1, 0.15) is 40.0 Å². The molecule has 1 saturated heterocycles. The molecule has 310 valence electrons. The van der Waals surface area contributed by atoms with Gasteiger partial charge in [-0.2, -0.15) is 0 Å². The summed E-state index contributed by atoms with van der Waals surface area (Å²) in [4.78, 5) is 11.6. The Kier molecular flexibility index (Phi) is 35.9. The summed E-state index contributed by atoms with van der Waals surface area (Å²) in [5, 5.41) is 3.33. The van der Waals surface area contributed by atoms with Crippen LogP contribution in [0.25, 0.3) is 0 Å². The number of piperidine rings is 1. The molecule has 1 fully saturated rings. The van der Waals surface area contributed by atoms with E-state index in [0.717, 1.165) is 25.9 Å². The van der Waals surface area contributed by atoms with E-state index in [1.165, 1.54) is 0 Å². The van der Waals surface area contributed by atoms with E-state index < -0.39 is 5.60 Å². The summed E-state index contributed by atoms with van der Waals surface area (Å²) in [6.07, 6.45) is 2.75. The van der Waals surface area contributed by atoms with Crippen LogP contribution in [0.3, 0.4) is 0 Å². The molecule has 1 rings (SSSR count). The summed E-state index contributed by atoms with van der Waals surface area (Å²) in [6.45, 7) is 20.1. The van der Waals surface area contributed by atoms with Gasteiger partial charge in [0.2, 0.25) is 0 Å². The second-order valence-electron chi connectivity index (χ2n) is 12.5. The number of ether oxygens (including phenoxy) is 14. The minimum atomic E-state index is -0.475. The SMILES string of the molecule is CC(C)(C)OC(=O)CCOCCOCCOCCOCCOCCOCCOCCOCCOCCOCCOCCOCCOC1CCNCC1. The fourth-order valence-electron chi connectivity index (χ4n) is 4.30. The van der Waals surface area contributed by atoms with Crippen LogP contribution < -0.4 is 5.32 Å². The molecule has 0 aromatic heterocycles. The van der Waals surface area contributed by atoms with Crippen LogP contribution in [0, 0.1) is 0 Å². The summed E-state index contributed by atoms with van der Waals surface area (Å²) in [5.41, 5.74) is -0.475. The van der Waals surface area contributed by atoms with Crippen molar-refractivity contribution in [1.82, 2.24) is 5.32 Å². The van der Waals surface area contributed by atoms with Crippen molar-refractivity contribution in [3.63, 3.8) is 0 Å². The number of esters is 1. The van der Waals surface area contributed by atoms with Gasteiger partial charge in [0.15, 0.2) is 0 Å². The van der Waals surface area contributed by atoms with Crippen LogP contribution in [0.4, 0.5) is 0 Å². The van der Waals surface area contributed by atoms with Gasteiger partial charge in [0.1, 0.15) is 5.60 Å². The molecule has 0 aliphatic carbocycles. The highest BCUT2D eigenvalue weighted by Gasteiger charge is 2.15. The summed E-state index contributed by atoms with van der Waals surface area (Å²) in [5.74, 6) is -0.265. The molecular formula is C36H71NO15. The molecule has 0 saturated carbocycles. The van der Waals surface area contributed by atoms with E-state index in [1.807, 2.05) is 20.8 Å². The highest BCUT2D eigenvalue weighted by molar-refractivity contribution is 5.69. The minimum absolute atomic E-state index is 0.231. The van der Waals surface area contributed by atoms with Crippen molar-refractivity contribution in [2.45, 2.75) is 51.7 Å². The van der Waals surface area contributed by atoms with Crippen molar-refractivity contribution in [3.05, 3.63) is 0 Å². The molecule has 0 atom stereocenters. The smallest absolute Gasteiger partial charge is 0.308 e. The Bertz CT molecular complexity index is 741. The number of rotatable bonds is 40. The lowest BCUT2D eigenvalue weighted by molar-refractivity contribution is -0.156. The van der Waals surface area contributed by atoms with E-state index >= 15 is 0 Å². The van der Waals surface area contributed by atoms with E-state index in [-0.39, 0.29) is 12.4 Å². The van der Waals surface area contributed by atoms with Gasteiger partial charge in [0, 0.05) is 0 Å². The number of carbonyl (C=O) groups is 1. The molecule has 0 aromatic carbocycles. The molecule has 1 heterocycles. The molecule has 0 amide bonds. The Labute approximate surface area is 312 Å². The number of nitrogens with one attached hydrogen (secondary N) is 1. The molecule has 52 heavy (non-hydrogen) atoms. The number of carbonyl (C=O) groups excluding carboxylic acids is 1. The van der Waals surface area contributed by atoms with Gasteiger partial charge >= 0.3 is 5.97 Å². The van der Waals surface area contributed by atoms with Crippen LogP contribution in [-0.4, -0.2) is 196 Å². The Hall–Kier alpha value is -1.09. The lowest BCUT2D eigenvalue weighted by Crippen LogP contribution is -2.33. The topological polar surface area (TPSA) is 158 Å². The van der Waals surface area contributed by atoms with E-state index in [4.69, 9.17) is 66.3 Å². The highest BCUT2D eigenvalue weighted by Crippen LogP contribution is 2.08. The first kappa shape index (κ1) is 48.9. The average molecular weight is 758 g/mol. The van der Waals surface area contributed by atoms with Gasteiger partial charge in [0.25, 0.3) is 0 Å². The van der Waals surface area contributed by atoms with Crippen molar-refractivity contribution in [2.24, 2.45) is 0 Å². The molecule has 1 N–H and O–H groups in total. The quantitative estimate of drug-likeness (QED) is 0.0711. The van der Waals surface area contributed by atoms with E-state index in [0.29, 0.717) is 171 Å². The largest absolute Gasteiger partial charge is 0.460 e. The zero-order valence-electron chi connectivity index (χ0n) is 32.4. The van der Waals surface area contributed by atoms with E-state index in [1.54, 1.807) is 0 Å². The van der Waals surface area contributed by atoms with Gasteiger partial charge < -0.3 is 71.6 Å². The molecule has 0 aromatic rings. The van der Waals surface area contributed by atoms with Gasteiger partial charge in [-0.25, -0.2) is 0 Å². The predicted molar refractivity (Wildman–Crippen MR) is 192 cm³/mol. The molecule has 0 unspecified atom stereocenters. The van der Waals surface area contributed by atoms with Gasteiger partial charge in [-0.15, -0.1) is 0 Å². The van der Waals surface area contributed by atoms with Crippen molar-refractivity contribution >= 4 is 5.97 Å². The van der Waals surface area contributed by atoms with Crippen LogP contribution >= 0.6 is 0 Å². The Morgan fingerprint density at radius 3 is 0.942 bits per heavy atom. The number of hydrogen-bond donors (Lipinski definition) is 1.